The minimum Gasteiger partial charge on any atom is -0.368 e. The number of anilines is 2. The SMILES string of the molecule is CN(CCCN1CCC1)c1nc(N)nc2c1CCCc1ccccc1-2. The summed E-state index contributed by atoms with van der Waals surface area (Å²) in [5.74, 6) is 1.39. The molecule has 1 saturated heterocycles. The van der Waals surface area contributed by atoms with Crippen molar-refractivity contribution in [1.29, 1.82) is 0 Å². The van der Waals surface area contributed by atoms with Gasteiger partial charge in [-0.15, -0.1) is 0 Å². The first-order valence-corrected chi connectivity index (χ1v) is 9.40. The number of nitrogens with two attached hydrogens (primary N) is 1. The number of hydrogen-bond acceptors (Lipinski definition) is 5. The van der Waals surface area contributed by atoms with Crippen molar-refractivity contribution >= 4 is 11.8 Å². The van der Waals surface area contributed by atoms with E-state index >= 15 is 0 Å². The lowest BCUT2D eigenvalue weighted by atomic mass is 10.0. The predicted molar refractivity (Wildman–Crippen MR) is 103 cm³/mol. The van der Waals surface area contributed by atoms with Crippen molar-refractivity contribution in [3.05, 3.63) is 35.4 Å². The Labute approximate surface area is 149 Å². The van der Waals surface area contributed by atoms with E-state index in [9.17, 15) is 0 Å². The number of benzene rings is 1. The van der Waals surface area contributed by atoms with Gasteiger partial charge in [0.1, 0.15) is 5.82 Å². The maximum Gasteiger partial charge on any atom is 0.222 e. The minimum absolute atomic E-state index is 0.375. The van der Waals surface area contributed by atoms with E-state index in [2.05, 4.69) is 51.1 Å². The molecule has 0 atom stereocenters. The van der Waals surface area contributed by atoms with Gasteiger partial charge in [0.15, 0.2) is 0 Å². The van der Waals surface area contributed by atoms with Crippen molar-refractivity contribution in [3.63, 3.8) is 0 Å². The molecule has 132 valence electrons. The summed E-state index contributed by atoms with van der Waals surface area (Å²) in [6, 6.07) is 8.57. The fourth-order valence-corrected chi connectivity index (χ4v) is 3.93. The smallest absolute Gasteiger partial charge is 0.222 e. The number of rotatable bonds is 5. The van der Waals surface area contributed by atoms with Crippen LogP contribution in [0.3, 0.4) is 0 Å². The molecule has 1 aromatic carbocycles. The van der Waals surface area contributed by atoms with Gasteiger partial charge in [-0.1, -0.05) is 24.3 Å². The average molecular weight is 337 g/mol. The molecule has 0 radical (unpaired) electrons. The Kier molecular flexibility index (Phi) is 4.57. The second kappa shape index (κ2) is 7.00. The fraction of sp³-hybridized carbons (Fsp3) is 0.500. The molecule has 0 spiro atoms. The highest BCUT2D eigenvalue weighted by molar-refractivity contribution is 5.73. The first-order valence-electron chi connectivity index (χ1n) is 9.40. The molecule has 1 aliphatic carbocycles. The Morgan fingerprint density at radius 3 is 2.76 bits per heavy atom. The molecule has 0 saturated carbocycles. The molecule has 1 aromatic heterocycles. The molecule has 2 aromatic rings. The Bertz CT molecular complexity index is 754. The summed E-state index contributed by atoms with van der Waals surface area (Å²) in [6.45, 7) is 4.70. The van der Waals surface area contributed by atoms with E-state index in [0.29, 0.717) is 5.95 Å². The van der Waals surface area contributed by atoms with Gasteiger partial charge >= 0.3 is 0 Å². The van der Waals surface area contributed by atoms with Crippen LogP contribution >= 0.6 is 0 Å². The highest BCUT2D eigenvalue weighted by Gasteiger charge is 2.22. The Hall–Kier alpha value is -2.14. The second-order valence-electron chi connectivity index (χ2n) is 7.21. The van der Waals surface area contributed by atoms with Crippen LogP contribution in [0.25, 0.3) is 11.3 Å². The van der Waals surface area contributed by atoms with E-state index in [1.54, 1.807) is 0 Å². The molecule has 0 unspecified atom stereocenters. The third-order valence-electron chi connectivity index (χ3n) is 5.43. The summed E-state index contributed by atoms with van der Waals surface area (Å²) in [5.41, 5.74) is 11.0. The molecule has 4 rings (SSSR count). The van der Waals surface area contributed by atoms with E-state index in [4.69, 9.17) is 5.73 Å². The van der Waals surface area contributed by atoms with E-state index in [1.807, 2.05) is 0 Å². The van der Waals surface area contributed by atoms with Crippen molar-refractivity contribution in [2.75, 3.05) is 43.9 Å². The fourth-order valence-electron chi connectivity index (χ4n) is 3.93. The van der Waals surface area contributed by atoms with Crippen LogP contribution in [0.2, 0.25) is 0 Å². The van der Waals surface area contributed by atoms with E-state index in [0.717, 1.165) is 43.7 Å². The number of nitrogen functional groups attached to an aromatic ring is 1. The molecule has 1 aliphatic heterocycles. The molecular formula is C20H27N5. The third kappa shape index (κ3) is 3.33. The van der Waals surface area contributed by atoms with Crippen molar-refractivity contribution in [2.45, 2.75) is 32.1 Å². The Morgan fingerprint density at radius 1 is 1.12 bits per heavy atom. The molecule has 0 amide bonds. The summed E-state index contributed by atoms with van der Waals surface area (Å²) in [5, 5.41) is 0. The van der Waals surface area contributed by atoms with Gasteiger partial charge in [0.05, 0.1) is 5.69 Å². The lowest BCUT2D eigenvalue weighted by Gasteiger charge is -2.31. The van der Waals surface area contributed by atoms with Gasteiger partial charge < -0.3 is 15.5 Å². The first kappa shape index (κ1) is 16.3. The van der Waals surface area contributed by atoms with Crippen LogP contribution in [0.15, 0.2) is 24.3 Å². The van der Waals surface area contributed by atoms with Crippen LogP contribution in [0.5, 0.6) is 0 Å². The molecule has 5 heteroatoms. The second-order valence-corrected chi connectivity index (χ2v) is 7.21. The number of aromatic nitrogens is 2. The number of hydrogen-bond donors (Lipinski definition) is 1. The van der Waals surface area contributed by atoms with Crippen molar-refractivity contribution in [3.8, 4) is 11.3 Å². The molecule has 5 nitrogen and oxygen atoms in total. The Balaban J connectivity index is 1.62. The zero-order valence-corrected chi connectivity index (χ0v) is 15.0. The number of likely N-dealkylation sites (tertiary alicyclic amines) is 1. The highest BCUT2D eigenvalue weighted by atomic mass is 15.2. The van der Waals surface area contributed by atoms with Crippen LogP contribution < -0.4 is 10.6 Å². The van der Waals surface area contributed by atoms with Gasteiger partial charge in [0.2, 0.25) is 5.95 Å². The maximum absolute atomic E-state index is 6.08. The standard InChI is InChI=1S/C20H27N5/c1-24(11-5-12-25-13-6-14-25)19-17-10-4-8-15-7-2-3-9-16(15)18(17)22-20(21)23-19/h2-3,7,9H,4-6,8,10-14H2,1H3,(H2,21,22,23). The predicted octanol–water partition coefficient (Wildman–Crippen LogP) is 2.75. The highest BCUT2D eigenvalue weighted by Crippen LogP contribution is 2.35. The normalized spacial score (nSPS) is 16.5. The van der Waals surface area contributed by atoms with Gasteiger partial charge in [-0.3, -0.25) is 0 Å². The largest absolute Gasteiger partial charge is 0.368 e. The Morgan fingerprint density at radius 2 is 1.96 bits per heavy atom. The summed E-state index contributed by atoms with van der Waals surface area (Å²) >= 11 is 0. The van der Waals surface area contributed by atoms with Crippen molar-refractivity contribution < 1.29 is 0 Å². The first-order chi connectivity index (χ1) is 12.2. The number of fused-ring (bicyclic) bond motifs is 3. The van der Waals surface area contributed by atoms with Gasteiger partial charge in [-0.2, -0.15) is 4.98 Å². The van der Waals surface area contributed by atoms with Gasteiger partial charge in [-0.05, 0) is 57.3 Å². The summed E-state index contributed by atoms with van der Waals surface area (Å²) in [6.07, 6.45) is 5.74. The lowest BCUT2D eigenvalue weighted by molar-refractivity contribution is 0.180. The van der Waals surface area contributed by atoms with Crippen LogP contribution in [0.1, 0.15) is 30.4 Å². The topological polar surface area (TPSA) is 58.3 Å². The zero-order valence-electron chi connectivity index (χ0n) is 15.0. The van der Waals surface area contributed by atoms with Crippen LogP contribution in [0.4, 0.5) is 11.8 Å². The van der Waals surface area contributed by atoms with Gasteiger partial charge in [0, 0.05) is 24.7 Å². The van der Waals surface area contributed by atoms with E-state index < -0.39 is 0 Å². The van der Waals surface area contributed by atoms with Crippen molar-refractivity contribution in [2.24, 2.45) is 0 Å². The van der Waals surface area contributed by atoms with Crippen LogP contribution in [-0.4, -0.2) is 48.1 Å². The molecule has 2 heterocycles. The molecule has 2 N–H and O–H groups in total. The maximum atomic E-state index is 6.08. The molecule has 25 heavy (non-hydrogen) atoms. The van der Waals surface area contributed by atoms with E-state index in [-0.39, 0.29) is 0 Å². The van der Waals surface area contributed by atoms with Gasteiger partial charge in [0.25, 0.3) is 0 Å². The monoisotopic (exact) mass is 337 g/mol. The molecular weight excluding hydrogens is 310 g/mol. The molecule has 2 aliphatic rings. The number of nitrogens with zero attached hydrogens (tertiary/aromatic N) is 4. The minimum atomic E-state index is 0.375. The van der Waals surface area contributed by atoms with E-state index in [1.165, 1.54) is 42.7 Å². The van der Waals surface area contributed by atoms with Gasteiger partial charge in [-0.25, -0.2) is 4.98 Å². The van der Waals surface area contributed by atoms with Crippen LogP contribution in [0, 0.1) is 0 Å². The van der Waals surface area contributed by atoms with Crippen LogP contribution in [-0.2, 0) is 12.8 Å². The number of aryl methyl sites for hydroxylation is 1. The molecule has 1 fully saturated rings. The zero-order chi connectivity index (χ0) is 17.2. The quantitative estimate of drug-likeness (QED) is 0.909. The lowest BCUT2D eigenvalue weighted by Crippen LogP contribution is -2.38. The average Bonchev–Trinajstić information content (AvgIpc) is 2.76. The summed E-state index contributed by atoms with van der Waals surface area (Å²) in [4.78, 5) is 14.0. The summed E-state index contributed by atoms with van der Waals surface area (Å²) < 4.78 is 0. The third-order valence-corrected chi connectivity index (χ3v) is 5.43. The summed E-state index contributed by atoms with van der Waals surface area (Å²) in [7, 11) is 2.13. The molecule has 0 bridgehead atoms. The van der Waals surface area contributed by atoms with Crippen molar-refractivity contribution in [1.82, 2.24) is 14.9 Å².